The van der Waals surface area contributed by atoms with E-state index in [-0.39, 0.29) is 31.0 Å². The van der Waals surface area contributed by atoms with Gasteiger partial charge in [0.25, 0.3) is 0 Å². The minimum absolute atomic E-state index is 0.208. The first-order valence-electron chi connectivity index (χ1n) is 10.2. The Balaban J connectivity index is 1.34. The fraction of sp³-hybridized carbons (Fsp3) is 0.240. The van der Waals surface area contributed by atoms with Crippen molar-refractivity contribution < 1.29 is 14.3 Å². The first-order chi connectivity index (χ1) is 14.7. The number of fused-ring (bicyclic) bond motifs is 5. The van der Waals surface area contributed by atoms with E-state index in [0.29, 0.717) is 5.02 Å². The number of likely N-dealkylation sites (tertiary alicyclic amines) is 1. The summed E-state index contributed by atoms with van der Waals surface area (Å²) in [5, 5.41) is 0.704. The highest BCUT2D eigenvalue weighted by molar-refractivity contribution is 6.30. The maximum absolute atomic E-state index is 12.3. The van der Waals surface area contributed by atoms with Crippen LogP contribution in [0.25, 0.3) is 0 Å². The number of carbonyl (C=O) groups is 1. The Hall–Kier alpha value is -2.82. The lowest BCUT2D eigenvalue weighted by Gasteiger charge is -2.17. The molecule has 1 fully saturated rings. The summed E-state index contributed by atoms with van der Waals surface area (Å²) in [6.07, 6.45) is 0.288. The SMILES string of the molecule is O=C(Cc1ccccc1)OCN1CC2c3ccccc3Oc3ccc(Cl)cc3C2C1. The Labute approximate surface area is 181 Å². The predicted octanol–water partition coefficient (Wildman–Crippen LogP) is 5.37. The van der Waals surface area contributed by atoms with Crippen molar-refractivity contribution in [2.45, 2.75) is 18.3 Å². The standard InChI is InChI=1S/C25H22ClNO3/c26-18-10-11-24-20(13-18)22-15-27(14-21(22)19-8-4-5-9-23(19)30-24)16-29-25(28)12-17-6-2-1-3-7-17/h1-11,13,21-22H,12,14-16H2. The second-order valence-corrected chi connectivity index (χ2v) is 8.32. The van der Waals surface area contributed by atoms with Crippen molar-refractivity contribution in [2.24, 2.45) is 0 Å². The average molecular weight is 420 g/mol. The molecule has 2 atom stereocenters. The Kier molecular flexibility index (Phi) is 5.19. The summed E-state index contributed by atoms with van der Waals surface area (Å²) >= 11 is 6.31. The topological polar surface area (TPSA) is 38.8 Å². The number of para-hydroxylation sites is 1. The molecule has 2 unspecified atom stereocenters. The van der Waals surface area contributed by atoms with Gasteiger partial charge in [0.15, 0.2) is 0 Å². The molecule has 0 spiro atoms. The highest BCUT2D eigenvalue weighted by atomic mass is 35.5. The monoisotopic (exact) mass is 419 g/mol. The van der Waals surface area contributed by atoms with E-state index in [1.165, 1.54) is 5.56 Å². The number of hydrogen-bond acceptors (Lipinski definition) is 4. The molecule has 2 heterocycles. The number of carbonyl (C=O) groups excluding carboxylic acids is 1. The smallest absolute Gasteiger partial charge is 0.311 e. The van der Waals surface area contributed by atoms with Gasteiger partial charge in [0.1, 0.15) is 18.2 Å². The molecule has 2 aliphatic heterocycles. The third kappa shape index (κ3) is 3.81. The van der Waals surface area contributed by atoms with Gasteiger partial charge in [-0.15, -0.1) is 0 Å². The van der Waals surface area contributed by atoms with Crippen LogP contribution in [0.1, 0.15) is 28.5 Å². The van der Waals surface area contributed by atoms with E-state index < -0.39 is 0 Å². The lowest BCUT2D eigenvalue weighted by atomic mass is 9.84. The van der Waals surface area contributed by atoms with E-state index >= 15 is 0 Å². The first kappa shape index (κ1) is 19.2. The summed E-state index contributed by atoms with van der Waals surface area (Å²) in [5.74, 6) is 2.02. The molecule has 3 aromatic carbocycles. The predicted molar refractivity (Wildman–Crippen MR) is 116 cm³/mol. The molecular weight excluding hydrogens is 398 g/mol. The van der Waals surface area contributed by atoms with Crippen LogP contribution in [-0.4, -0.2) is 30.7 Å². The average Bonchev–Trinajstić information content (AvgIpc) is 3.14. The number of ether oxygens (including phenoxy) is 2. The molecule has 0 aliphatic carbocycles. The van der Waals surface area contributed by atoms with Crippen molar-refractivity contribution in [2.75, 3.05) is 19.8 Å². The van der Waals surface area contributed by atoms with E-state index in [0.717, 1.165) is 35.7 Å². The van der Waals surface area contributed by atoms with Crippen molar-refractivity contribution in [1.29, 1.82) is 0 Å². The Morgan fingerprint density at radius 1 is 0.933 bits per heavy atom. The molecule has 30 heavy (non-hydrogen) atoms. The summed E-state index contributed by atoms with van der Waals surface area (Å²) in [6.45, 7) is 1.88. The largest absolute Gasteiger partial charge is 0.457 e. The molecule has 0 aromatic heterocycles. The zero-order chi connectivity index (χ0) is 20.5. The van der Waals surface area contributed by atoms with Crippen LogP contribution in [0.4, 0.5) is 0 Å². The van der Waals surface area contributed by atoms with Gasteiger partial charge in [0, 0.05) is 35.5 Å². The van der Waals surface area contributed by atoms with Gasteiger partial charge in [0.05, 0.1) is 6.42 Å². The van der Waals surface area contributed by atoms with E-state index in [4.69, 9.17) is 21.1 Å². The number of nitrogens with zero attached hydrogens (tertiary/aromatic N) is 1. The van der Waals surface area contributed by atoms with Crippen LogP contribution in [0, 0.1) is 0 Å². The molecule has 0 amide bonds. The molecule has 0 N–H and O–H groups in total. The van der Waals surface area contributed by atoms with Gasteiger partial charge in [0.2, 0.25) is 0 Å². The minimum atomic E-state index is -0.208. The van der Waals surface area contributed by atoms with Crippen LogP contribution in [-0.2, 0) is 16.0 Å². The van der Waals surface area contributed by atoms with Gasteiger partial charge in [-0.05, 0) is 35.4 Å². The van der Waals surface area contributed by atoms with Crippen molar-refractivity contribution in [3.8, 4) is 11.5 Å². The second kappa shape index (κ2) is 8.13. The molecule has 3 aromatic rings. The van der Waals surface area contributed by atoms with Gasteiger partial charge in [-0.1, -0.05) is 60.1 Å². The summed E-state index contributed by atoms with van der Waals surface area (Å²) in [6, 6.07) is 23.7. The molecular formula is C25H22ClNO3. The highest BCUT2D eigenvalue weighted by Gasteiger charge is 2.40. The van der Waals surface area contributed by atoms with Gasteiger partial charge >= 0.3 is 5.97 Å². The Bertz CT molecular complexity index is 1070. The van der Waals surface area contributed by atoms with E-state index in [1.54, 1.807) is 0 Å². The number of hydrogen-bond donors (Lipinski definition) is 0. The van der Waals surface area contributed by atoms with Crippen LogP contribution >= 0.6 is 11.6 Å². The van der Waals surface area contributed by atoms with Crippen LogP contribution in [0.5, 0.6) is 11.5 Å². The van der Waals surface area contributed by atoms with Gasteiger partial charge in [-0.3, -0.25) is 9.69 Å². The maximum atomic E-state index is 12.3. The first-order valence-corrected chi connectivity index (χ1v) is 10.5. The zero-order valence-corrected chi connectivity index (χ0v) is 17.2. The van der Waals surface area contributed by atoms with Crippen molar-refractivity contribution in [3.05, 3.63) is 94.5 Å². The quantitative estimate of drug-likeness (QED) is 0.533. The third-order valence-electron chi connectivity index (χ3n) is 5.90. The van der Waals surface area contributed by atoms with Gasteiger partial charge < -0.3 is 9.47 Å². The summed E-state index contributed by atoms with van der Waals surface area (Å²) in [5.41, 5.74) is 3.26. The summed E-state index contributed by atoms with van der Waals surface area (Å²) < 4.78 is 11.8. The molecule has 2 aliphatic rings. The highest BCUT2D eigenvalue weighted by Crippen LogP contribution is 2.50. The molecule has 5 heteroatoms. The molecule has 4 nitrogen and oxygen atoms in total. The fourth-order valence-electron chi connectivity index (χ4n) is 4.50. The molecule has 1 saturated heterocycles. The third-order valence-corrected chi connectivity index (χ3v) is 6.14. The normalized spacial score (nSPS) is 19.8. The molecule has 0 radical (unpaired) electrons. The van der Waals surface area contributed by atoms with E-state index in [2.05, 4.69) is 11.0 Å². The number of benzene rings is 3. The van der Waals surface area contributed by atoms with Crippen LogP contribution in [0.3, 0.4) is 0 Å². The Morgan fingerprint density at radius 3 is 2.47 bits per heavy atom. The number of halogens is 1. The lowest BCUT2D eigenvalue weighted by Crippen LogP contribution is -2.26. The molecule has 152 valence electrons. The van der Waals surface area contributed by atoms with Gasteiger partial charge in [-0.25, -0.2) is 0 Å². The second-order valence-electron chi connectivity index (χ2n) is 7.88. The van der Waals surface area contributed by atoms with E-state index in [9.17, 15) is 4.79 Å². The molecule has 5 rings (SSSR count). The fourth-order valence-corrected chi connectivity index (χ4v) is 4.68. The zero-order valence-electron chi connectivity index (χ0n) is 16.5. The Morgan fingerprint density at radius 2 is 1.63 bits per heavy atom. The number of esters is 1. The van der Waals surface area contributed by atoms with E-state index in [1.807, 2.05) is 66.7 Å². The van der Waals surface area contributed by atoms with Crippen LogP contribution in [0.2, 0.25) is 5.02 Å². The maximum Gasteiger partial charge on any atom is 0.311 e. The lowest BCUT2D eigenvalue weighted by molar-refractivity contribution is -0.147. The minimum Gasteiger partial charge on any atom is -0.457 e. The van der Waals surface area contributed by atoms with Crippen LogP contribution < -0.4 is 4.74 Å². The molecule has 0 bridgehead atoms. The molecule has 0 saturated carbocycles. The number of rotatable bonds is 4. The van der Waals surface area contributed by atoms with Crippen molar-refractivity contribution in [3.63, 3.8) is 0 Å². The summed E-state index contributed by atoms with van der Waals surface area (Å²) in [7, 11) is 0. The van der Waals surface area contributed by atoms with Crippen molar-refractivity contribution >= 4 is 17.6 Å². The summed E-state index contributed by atoms with van der Waals surface area (Å²) in [4.78, 5) is 14.5. The van der Waals surface area contributed by atoms with Crippen molar-refractivity contribution in [1.82, 2.24) is 4.90 Å². The van der Waals surface area contributed by atoms with Crippen LogP contribution in [0.15, 0.2) is 72.8 Å². The van der Waals surface area contributed by atoms with Gasteiger partial charge in [-0.2, -0.15) is 0 Å².